The molecule has 14 heteroatoms. The second-order valence-electron chi connectivity index (χ2n) is 15.0. The van der Waals surface area contributed by atoms with Crippen molar-refractivity contribution in [2.45, 2.75) is 81.3 Å². The van der Waals surface area contributed by atoms with E-state index in [1.165, 1.54) is 18.1 Å². The van der Waals surface area contributed by atoms with Crippen LogP contribution < -0.4 is 20.1 Å². The highest BCUT2D eigenvalue weighted by atomic mass is 32.2. The molecule has 13 nitrogen and oxygen atoms in total. The van der Waals surface area contributed by atoms with Crippen molar-refractivity contribution in [3.63, 3.8) is 0 Å². The molecule has 3 N–H and O–H groups in total. The van der Waals surface area contributed by atoms with Crippen LogP contribution in [-0.2, 0) is 39.5 Å². The number of cyclic esters (lactones) is 1. The lowest BCUT2D eigenvalue weighted by atomic mass is 9.85. The maximum Gasteiger partial charge on any atom is 0.407 e. The Balaban J connectivity index is 1.42. The molecule has 2 aliphatic carbocycles. The molecule has 0 spiro atoms. The van der Waals surface area contributed by atoms with Crippen molar-refractivity contribution in [1.29, 1.82) is 0 Å². The van der Waals surface area contributed by atoms with E-state index in [-0.39, 0.29) is 26.0 Å². The van der Waals surface area contributed by atoms with Crippen molar-refractivity contribution in [1.82, 2.24) is 20.3 Å². The molecular weight excluding hydrogens is 676 g/mol. The van der Waals surface area contributed by atoms with Crippen LogP contribution in [0.15, 0.2) is 49.1 Å². The van der Waals surface area contributed by atoms with Gasteiger partial charge in [-0.1, -0.05) is 51.1 Å². The maximum absolute atomic E-state index is 14.6. The summed E-state index contributed by atoms with van der Waals surface area (Å²) in [6.07, 6.45) is 5.98. The van der Waals surface area contributed by atoms with Gasteiger partial charge in [-0.3, -0.25) is 19.1 Å². The van der Waals surface area contributed by atoms with Crippen molar-refractivity contribution < 1.29 is 41.8 Å². The average Bonchev–Trinajstić information content (AvgIpc) is 4.01. The van der Waals surface area contributed by atoms with E-state index in [1.807, 2.05) is 42.5 Å². The number of amides is 4. The van der Waals surface area contributed by atoms with Gasteiger partial charge in [-0.05, 0) is 65.6 Å². The quantitative estimate of drug-likeness (QED) is 0.345. The van der Waals surface area contributed by atoms with Gasteiger partial charge in [0, 0.05) is 25.0 Å². The zero-order valence-electron chi connectivity index (χ0n) is 29.6. The first-order valence-electron chi connectivity index (χ1n) is 17.2. The molecule has 0 aromatic heterocycles. The Morgan fingerprint density at radius 3 is 2.47 bits per heavy atom. The SMILES string of the molecule is C=C[C@@H]1C[C@]1(NC(=O)[C@@H]1C[C@]2(OC)CN1C(=O)[C@H](C(C)(C)C)NC(=O)OCCC=Cc1cc3cc2ccc3cc1OC)C(=O)NS(=O)(=O)C1CC1. The molecule has 274 valence electrons. The third kappa shape index (κ3) is 6.95. The Labute approximate surface area is 298 Å². The molecule has 6 rings (SSSR count). The number of fused-ring (bicyclic) bond motifs is 5. The smallest absolute Gasteiger partial charge is 0.407 e. The first-order valence-corrected chi connectivity index (χ1v) is 18.7. The number of rotatable bonds is 8. The largest absolute Gasteiger partial charge is 0.496 e. The summed E-state index contributed by atoms with van der Waals surface area (Å²) < 4.78 is 44.9. The zero-order chi connectivity index (χ0) is 36.9. The van der Waals surface area contributed by atoms with Gasteiger partial charge in [-0.2, -0.15) is 0 Å². The third-order valence-corrected chi connectivity index (χ3v) is 12.3. The van der Waals surface area contributed by atoms with Gasteiger partial charge in [0.25, 0.3) is 5.91 Å². The van der Waals surface area contributed by atoms with Gasteiger partial charge in [0.1, 0.15) is 29.0 Å². The standard InChI is InChI=1S/C37H46N4O9S/c1-7-25-19-37(25,33(44)40-51(46,47)27-13-14-27)39-31(42)28-20-36(49-6)21-41(28)32(43)30(35(2,3)4)38-34(45)50-15-9-8-10-23-16-24-17-26(36)12-11-22(24)18-29(23)48-5/h7-8,10-12,16-18,25,27-28,30H,1,9,13-15,19-21H2,2-6H3,(H,38,45)(H,39,42)(H,40,44)/t25-,28+,30-,36+,37-/m1/s1. The molecule has 51 heavy (non-hydrogen) atoms. The number of alkyl carbamates (subject to hydrolysis) is 1. The van der Waals surface area contributed by atoms with Crippen molar-refractivity contribution >= 4 is 50.7 Å². The highest BCUT2D eigenvalue weighted by Gasteiger charge is 2.62. The Hall–Kier alpha value is -4.43. The van der Waals surface area contributed by atoms with Crippen LogP contribution in [0.2, 0.25) is 0 Å². The van der Waals surface area contributed by atoms with Gasteiger partial charge in [0.15, 0.2) is 0 Å². The monoisotopic (exact) mass is 722 g/mol. The molecule has 1 saturated heterocycles. The second-order valence-corrected chi connectivity index (χ2v) is 17.0. The van der Waals surface area contributed by atoms with Crippen molar-refractivity contribution in [2.24, 2.45) is 11.3 Å². The van der Waals surface area contributed by atoms with Gasteiger partial charge in [0.2, 0.25) is 21.8 Å². The Morgan fingerprint density at radius 2 is 1.84 bits per heavy atom. The van der Waals surface area contributed by atoms with Crippen molar-refractivity contribution in [3.8, 4) is 5.75 Å². The van der Waals surface area contributed by atoms with E-state index in [9.17, 15) is 27.6 Å². The maximum atomic E-state index is 14.6. The van der Waals surface area contributed by atoms with E-state index in [0.717, 1.165) is 16.3 Å². The highest BCUT2D eigenvalue weighted by molar-refractivity contribution is 7.91. The van der Waals surface area contributed by atoms with Gasteiger partial charge in [0.05, 0.1) is 25.5 Å². The highest BCUT2D eigenvalue weighted by Crippen LogP contribution is 2.47. The van der Waals surface area contributed by atoms with Crippen molar-refractivity contribution in [2.75, 3.05) is 27.4 Å². The topological polar surface area (TPSA) is 169 Å². The number of carbonyl (C=O) groups is 4. The molecule has 2 aliphatic heterocycles. The Kier molecular flexibility index (Phi) is 9.47. The number of hydrogen-bond donors (Lipinski definition) is 3. The summed E-state index contributed by atoms with van der Waals surface area (Å²) in [6.45, 7) is 9.16. The molecule has 0 unspecified atom stereocenters. The number of sulfonamides is 1. The predicted molar refractivity (Wildman–Crippen MR) is 190 cm³/mol. The van der Waals surface area contributed by atoms with Crippen LogP contribution in [0.3, 0.4) is 0 Å². The van der Waals surface area contributed by atoms with Crippen LogP contribution >= 0.6 is 0 Å². The van der Waals surface area contributed by atoms with E-state index in [1.54, 1.807) is 27.9 Å². The van der Waals surface area contributed by atoms with Crippen LogP contribution in [0.5, 0.6) is 5.75 Å². The van der Waals surface area contributed by atoms with E-state index in [2.05, 4.69) is 21.9 Å². The first-order chi connectivity index (χ1) is 24.1. The summed E-state index contributed by atoms with van der Waals surface area (Å²) >= 11 is 0. The molecule has 0 radical (unpaired) electrons. The van der Waals surface area contributed by atoms with Crippen LogP contribution in [-0.4, -0.2) is 87.4 Å². The van der Waals surface area contributed by atoms with E-state index >= 15 is 0 Å². The van der Waals surface area contributed by atoms with Gasteiger partial charge in [-0.25, -0.2) is 13.2 Å². The van der Waals surface area contributed by atoms with Crippen LogP contribution in [0.1, 0.15) is 64.0 Å². The summed E-state index contributed by atoms with van der Waals surface area (Å²) in [5.74, 6) is -1.90. The number of ether oxygens (including phenoxy) is 3. The number of carbonyl (C=O) groups excluding carboxylic acids is 4. The molecule has 2 aromatic carbocycles. The molecular formula is C37H46N4O9S. The van der Waals surface area contributed by atoms with E-state index in [4.69, 9.17) is 14.2 Å². The minimum atomic E-state index is -3.90. The molecule has 2 aromatic rings. The fraction of sp³-hybridized carbons (Fsp3) is 0.514. The minimum absolute atomic E-state index is 0.00757. The Morgan fingerprint density at radius 1 is 1.10 bits per heavy atom. The molecule has 5 atom stereocenters. The van der Waals surface area contributed by atoms with Crippen LogP contribution in [0.4, 0.5) is 4.79 Å². The molecule has 5 bridgehead atoms. The van der Waals surface area contributed by atoms with Crippen LogP contribution in [0, 0.1) is 11.3 Å². The number of hydrogen-bond acceptors (Lipinski definition) is 9. The summed E-state index contributed by atoms with van der Waals surface area (Å²) in [7, 11) is -0.792. The molecule has 4 aliphatic rings. The molecule has 4 amide bonds. The predicted octanol–water partition coefficient (Wildman–Crippen LogP) is 3.52. The van der Waals surface area contributed by atoms with E-state index < -0.39 is 73.6 Å². The Bertz CT molecular complexity index is 1920. The fourth-order valence-electron chi connectivity index (χ4n) is 7.12. The van der Waals surface area contributed by atoms with Gasteiger partial charge >= 0.3 is 6.09 Å². The molecule has 2 heterocycles. The lowest BCUT2D eigenvalue weighted by Gasteiger charge is -2.35. The number of nitrogens with one attached hydrogen (secondary N) is 3. The second kappa shape index (κ2) is 13.3. The summed E-state index contributed by atoms with van der Waals surface area (Å²) in [6, 6.07) is 7.41. The summed E-state index contributed by atoms with van der Waals surface area (Å²) in [4.78, 5) is 57.0. The first kappa shape index (κ1) is 36.4. The summed E-state index contributed by atoms with van der Waals surface area (Å²) in [5, 5.41) is 6.69. The number of benzene rings is 2. The minimum Gasteiger partial charge on any atom is -0.496 e. The van der Waals surface area contributed by atoms with Gasteiger partial charge in [-0.15, -0.1) is 6.58 Å². The third-order valence-electron chi connectivity index (χ3n) is 10.5. The lowest BCUT2D eigenvalue weighted by molar-refractivity contribution is -0.143. The molecule has 3 fully saturated rings. The van der Waals surface area contributed by atoms with E-state index in [0.29, 0.717) is 30.6 Å². The summed E-state index contributed by atoms with van der Waals surface area (Å²) in [5.41, 5.74) is -2.02. The number of nitrogens with zero attached hydrogens (tertiary/aromatic N) is 1. The van der Waals surface area contributed by atoms with Gasteiger partial charge < -0.3 is 29.7 Å². The van der Waals surface area contributed by atoms with Crippen molar-refractivity contribution in [3.05, 3.63) is 60.2 Å². The lowest BCUT2D eigenvalue weighted by Crippen LogP contribution is -2.60. The normalized spacial score (nSPS) is 28.2. The van der Waals surface area contributed by atoms with Crippen LogP contribution in [0.25, 0.3) is 16.8 Å². The zero-order valence-corrected chi connectivity index (χ0v) is 30.4. The average molecular weight is 723 g/mol. The molecule has 2 saturated carbocycles. The fourth-order valence-corrected chi connectivity index (χ4v) is 8.48. The number of methoxy groups -OCH3 is 2.